The van der Waals surface area contributed by atoms with Crippen LogP contribution >= 0.6 is 0 Å². The quantitative estimate of drug-likeness (QED) is 0.552. The number of nitrogens with zero attached hydrogens (tertiary/aromatic N) is 2. The second-order valence-electron chi connectivity index (χ2n) is 5.41. The number of hydrogen-bond acceptors (Lipinski definition) is 2. The molecule has 1 atom stereocenters. The van der Waals surface area contributed by atoms with Gasteiger partial charge in [-0.3, -0.25) is 0 Å². The van der Waals surface area contributed by atoms with E-state index in [9.17, 15) is 0 Å². The van der Waals surface area contributed by atoms with Crippen LogP contribution in [0.15, 0.2) is 77.7 Å². The minimum atomic E-state index is -0.00361. The van der Waals surface area contributed by atoms with Gasteiger partial charge in [0.15, 0.2) is 0 Å². The molecule has 0 spiro atoms. The highest BCUT2D eigenvalue weighted by Crippen LogP contribution is 2.34. The maximum absolute atomic E-state index is 6.19. The lowest BCUT2D eigenvalue weighted by Gasteiger charge is -2.17. The number of rotatable bonds is 3. The van der Waals surface area contributed by atoms with E-state index in [0.717, 1.165) is 11.3 Å². The topological polar surface area (TPSA) is 31.0 Å². The lowest BCUT2D eigenvalue weighted by Crippen LogP contribution is -2.10. The van der Waals surface area contributed by atoms with Gasteiger partial charge in [-0.1, -0.05) is 48.5 Å². The smallest absolute Gasteiger partial charge is 0.135 e. The molecule has 0 aliphatic carbocycles. The maximum atomic E-state index is 6.19. The van der Waals surface area contributed by atoms with Gasteiger partial charge in [0.05, 0.1) is 6.33 Å². The van der Waals surface area contributed by atoms with Crippen molar-refractivity contribution in [3.8, 4) is 0 Å². The largest absolute Gasteiger partial charge is 0.458 e. The SMILES string of the molecule is Cc1c(C(c2ccccc2)n2ccnc2)oc2ccccc12. The molecule has 3 heteroatoms. The van der Waals surface area contributed by atoms with Crippen molar-refractivity contribution in [3.63, 3.8) is 0 Å². The standard InChI is InChI=1S/C19H16N2O/c1-14-16-9-5-6-10-17(16)22-19(14)18(21-12-11-20-13-21)15-7-3-2-4-8-15/h2-13,18H,1H3. The Morgan fingerprint density at radius 3 is 2.50 bits per heavy atom. The third-order valence-corrected chi connectivity index (χ3v) is 4.07. The molecule has 1 unspecified atom stereocenters. The summed E-state index contributed by atoms with van der Waals surface area (Å²) in [5.41, 5.74) is 3.29. The summed E-state index contributed by atoms with van der Waals surface area (Å²) in [6.45, 7) is 2.12. The minimum Gasteiger partial charge on any atom is -0.458 e. The van der Waals surface area contributed by atoms with E-state index in [-0.39, 0.29) is 6.04 Å². The fourth-order valence-electron chi connectivity index (χ4n) is 2.97. The summed E-state index contributed by atoms with van der Waals surface area (Å²) < 4.78 is 8.27. The van der Waals surface area contributed by atoms with E-state index < -0.39 is 0 Å². The van der Waals surface area contributed by atoms with Crippen molar-refractivity contribution in [2.45, 2.75) is 13.0 Å². The van der Waals surface area contributed by atoms with Crippen LogP contribution in [-0.2, 0) is 0 Å². The van der Waals surface area contributed by atoms with Gasteiger partial charge in [0.25, 0.3) is 0 Å². The zero-order chi connectivity index (χ0) is 14.9. The lowest BCUT2D eigenvalue weighted by molar-refractivity contribution is 0.484. The van der Waals surface area contributed by atoms with Crippen LogP contribution in [0, 0.1) is 6.92 Å². The third kappa shape index (κ3) is 2.02. The van der Waals surface area contributed by atoms with Crippen LogP contribution in [-0.4, -0.2) is 9.55 Å². The molecule has 0 radical (unpaired) electrons. The normalized spacial score (nSPS) is 12.6. The Morgan fingerprint density at radius 2 is 1.77 bits per heavy atom. The van der Waals surface area contributed by atoms with Crippen molar-refractivity contribution in [1.82, 2.24) is 9.55 Å². The molecule has 4 rings (SSSR count). The molecule has 0 aliphatic heterocycles. The van der Waals surface area contributed by atoms with Crippen LogP contribution in [0.2, 0.25) is 0 Å². The average molecular weight is 288 g/mol. The zero-order valence-corrected chi connectivity index (χ0v) is 12.3. The maximum Gasteiger partial charge on any atom is 0.135 e. The predicted molar refractivity (Wildman–Crippen MR) is 86.9 cm³/mol. The molecule has 2 aromatic carbocycles. The molecule has 0 aliphatic rings. The first-order valence-corrected chi connectivity index (χ1v) is 7.35. The summed E-state index contributed by atoms with van der Waals surface area (Å²) in [5.74, 6) is 0.963. The third-order valence-electron chi connectivity index (χ3n) is 4.07. The first-order chi connectivity index (χ1) is 10.8. The van der Waals surface area contributed by atoms with Gasteiger partial charge in [-0.25, -0.2) is 4.98 Å². The van der Waals surface area contributed by atoms with Crippen LogP contribution in [0.5, 0.6) is 0 Å². The molecule has 2 heterocycles. The summed E-state index contributed by atoms with van der Waals surface area (Å²) in [6, 6.07) is 18.5. The van der Waals surface area contributed by atoms with Crippen LogP contribution in [0.25, 0.3) is 11.0 Å². The summed E-state index contributed by atoms with van der Waals surface area (Å²) >= 11 is 0. The first-order valence-electron chi connectivity index (χ1n) is 7.35. The molecule has 0 amide bonds. The van der Waals surface area contributed by atoms with Crippen molar-refractivity contribution < 1.29 is 4.42 Å². The van der Waals surface area contributed by atoms with Gasteiger partial charge in [-0.2, -0.15) is 0 Å². The van der Waals surface area contributed by atoms with E-state index >= 15 is 0 Å². The molecule has 0 bridgehead atoms. The van der Waals surface area contributed by atoms with Gasteiger partial charge >= 0.3 is 0 Å². The number of furan rings is 1. The number of fused-ring (bicyclic) bond motifs is 1. The van der Waals surface area contributed by atoms with Crippen molar-refractivity contribution in [1.29, 1.82) is 0 Å². The zero-order valence-electron chi connectivity index (χ0n) is 12.3. The van der Waals surface area contributed by atoms with Crippen molar-refractivity contribution in [2.75, 3.05) is 0 Å². The highest BCUT2D eigenvalue weighted by molar-refractivity contribution is 5.82. The summed E-state index contributed by atoms with van der Waals surface area (Å²) in [6.07, 6.45) is 5.61. The monoisotopic (exact) mass is 288 g/mol. The first kappa shape index (κ1) is 12.9. The van der Waals surface area contributed by atoms with Crippen LogP contribution in [0.3, 0.4) is 0 Å². The van der Waals surface area contributed by atoms with Crippen molar-refractivity contribution in [2.24, 2.45) is 0 Å². The van der Waals surface area contributed by atoms with Gasteiger partial charge in [0.2, 0.25) is 0 Å². The van der Waals surface area contributed by atoms with Gasteiger partial charge in [-0.15, -0.1) is 0 Å². The van der Waals surface area contributed by atoms with Crippen LogP contribution < -0.4 is 0 Å². The van der Waals surface area contributed by atoms with E-state index in [1.165, 1.54) is 16.5 Å². The molecule has 3 nitrogen and oxygen atoms in total. The second-order valence-corrected chi connectivity index (χ2v) is 5.41. The Kier molecular flexibility index (Phi) is 3.04. The van der Waals surface area contributed by atoms with E-state index in [1.807, 2.05) is 36.8 Å². The van der Waals surface area contributed by atoms with Gasteiger partial charge in [-0.05, 0) is 18.6 Å². The molecule has 108 valence electrons. The van der Waals surface area contributed by atoms with Crippen molar-refractivity contribution >= 4 is 11.0 Å². The number of aryl methyl sites for hydroxylation is 1. The molecule has 0 fully saturated rings. The minimum absolute atomic E-state index is 0.00361. The Hall–Kier alpha value is -2.81. The Bertz CT molecular complexity index is 892. The fraction of sp³-hybridized carbons (Fsp3) is 0.105. The molecule has 22 heavy (non-hydrogen) atoms. The molecule has 4 aromatic rings. The predicted octanol–water partition coefficient (Wildman–Crippen LogP) is 4.58. The van der Waals surface area contributed by atoms with E-state index in [0.29, 0.717) is 0 Å². The van der Waals surface area contributed by atoms with Gasteiger partial charge < -0.3 is 8.98 Å². The molecule has 0 saturated carbocycles. The number of imidazole rings is 1. The molecule has 0 N–H and O–H groups in total. The highest BCUT2D eigenvalue weighted by atomic mass is 16.3. The summed E-state index contributed by atoms with van der Waals surface area (Å²) in [4.78, 5) is 4.20. The van der Waals surface area contributed by atoms with Crippen LogP contribution in [0.4, 0.5) is 0 Å². The number of hydrogen-bond donors (Lipinski definition) is 0. The highest BCUT2D eigenvalue weighted by Gasteiger charge is 2.23. The summed E-state index contributed by atoms with van der Waals surface area (Å²) in [5, 5.41) is 1.17. The number of para-hydroxylation sites is 1. The second kappa shape index (κ2) is 5.19. The fourth-order valence-corrected chi connectivity index (χ4v) is 2.97. The summed E-state index contributed by atoms with van der Waals surface area (Å²) in [7, 11) is 0. The Labute approximate surface area is 128 Å². The number of benzene rings is 2. The van der Waals surface area contributed by atoms with Gasteiger partial charge in [0.1, 0.15) is 17.4 Å². The molecular formula is C19H16N2O. The lowest BCUT2D eigenvalue weighted by atomic mass is 10.0. The molecule has 0 saturated heterocycles. The average Bonchev–Trinajstić information content (AvgIpc) is 3.19. The number of aromatic nitrogens is 2. The Morgan fingerprint density at radius 1 is 1.00 bits per heavy atom. The Balaban J connectivity index is 1.96. The van der Waals surface area contributed by atoms with Crippen molar-refractivity contribution in [3.05, 3.63) is 90.2 Å². The van der Waals surface area contributed by atoms with E-state index in [4.69, 9.17) is 4.42 Å². The van der Waals surface area contributed by atoms with Crippen LogP contribution in [0.1, 0.15) is 22.9 Å². The van der Waals surface area contributed by atoms with E-state index in [2.05, 4.69) is 46.8 Å². The molecule has 2 aromatic heterocycles. The van der Waals surface area contributed by atoms with E-state index in [1.54, 1.807) is 6.20 Å². The molecular weight excluding hydrogens is 272 g/mol. The van der Waals surface area contributed by atoms with Gasteiger partial charge in [0, 0.05) is 23.3 Å².